The molecule has 5 heteroatoms. The molecule has 0 fully saturated rings. The lowest BCUT2D eigenvalue weighted by atomic mass is 9.93. The van der Waals surface area contributed by atoms with Gasteiger partial charge < -0.3 is 11.1 Å². The molecule has 1 aromatic rings. The van der Waals surface area contributed by atoms with Crippen LogP contribution in [0.4, 0.5) is 0 Å². The van der Waals surface area contributed by atoms with E-state index in [9.17, 15) is 4.79 Å². The van der Waals surface area contributed by atoms with Gasteiger partial charge in [0.05, 0.1) is 5.54 Å². The van der Waals surface area contributed by atoms with Crippen LogP contribution in [0.1, 0.15) is 40.0 Å². The average molecular weight is 329 g/mol. The number of amides is 1. The average Bonchev–Trinajstić information content (AvgIpc) is 2.37. The van der Waals surface area contributed by atoms with E-state index in [-0.39, 0.29) is 11.9 Å². The largest absolute Gasteiger partial charge is 0.368 e. The van der Waals surface area contributed by atoms with Crippen molar-refractivity contribution in [2.24, 2.45) is 5.73 Å². The molecule has 21 heavy (non-hydrogen) atoms. The normalized spacial score (nSPS) is 14.1. The third-order valence-electron chi connectivity index (χ3n) is 3.29. The van der Waals surface area contributed by atoms with Crippen LogP contribution in [0.25, 0.3) is 0 Å². The molecule has 0 heterocycles. The second-order valence-corrected chi connectivity index (χ2v) is 7.36. The van der Waals surface area contributed by atoms with E-state index in [4.69, 9.17) is 17.3 Å². The fourth-order valence-corrected chi connectivity index (χ4v) is 3.46. The Morgan fingerprint density at radius 3 is 2.71 bits per heavy atom. The molecule has 3 nitrogen and oxygen atoms in total. The van der Waals surface area contributed by atoms with Crippen LogP contribution in [0.3, 0.4) is 0 Å². The van der Waals surface area contributed by atoms with Crippen molar-refractivity contribution in [3.63, 3.8) is 0 Å². The van der Waals surface area contributed by atoms with Crippen molar-refractivity contribution in [1.29, 1.82) is 0 Å². The first-order valence-electron chi connectivity index (χ1n) is 7.29. The number of hydrogen-bond donors (Lipinski definition) is 2. The number of unbranched alkanes of at least 4 members (excludes halogenated alkanes) is 1. The molecule has 1 atom stereocenters. The van der Waals surface area contributed by atoms with Gasteiger partial charge in [0.2, 0.25) is 5.91 Å². The molecule has 1 aromatic carbocycles. The summed E-state index contributed by atoms with van der Waals surface area (Å²) in [5.41, 5.74) is 4.90. The first kappa shape index (κ1) is 18.3. The Morgan fingerprint density at radius 2 is 2.14 bits per heavy atom. The number of nitrogens with one attached hydrogen (secondary N) is 1. The minimum atomic E-state index is -0.616. The molecular formula is C16H25ClN2OS. The lowest BCUT2D eigenvalue weighted by molar-refractivity contribution is -0.124. The SMILES string of the molecule is CC(C)NC(C)(CCCCSc1cccc(Cl)c1)C(N)=O. The smallest absolute Gasteiger partial charge is 0.237 e. The Morgan fingerprint density at radius 1 is 1.43 bits per heavy atom. The highest BCUT2D eigenvalue weighted by molar-refractivity contribution is 7.99. The van der Waals surface area contributed by atoms with Gasteiger partial charge in [-0.3, -0.25) is 4.79 Å². The predicted octanol–water partition coefficient (Wildman–Crippen LogP) is 3.84. The van der Waals surface area contributed by atoms with Crippen LogP contribution in [0.5, 0.6) is 0 Å². The maximum Gasteiger partial charge on any atom is 0.237 e. The van der Waals surface area contributed by atoms with Crippen molar-refractivity contribution in [1.82, 2.24) is 5.32 Å². The number of hydrogen-bond acceptors (Lipinski definition) is 3. The van der Waals surface area contributed by atoms with Crippen LogP contribution in [-0.2, 0) is 4.79 Å². The highest BCUT2D eigenvalue weighted by Crippen LogP contribution is 2.23. The first-order valence-corrected chi connectivity index (χ1v) is 8.66. The van der Waals surface area contributed by atoms with Gasteiger partial charge in [-0.25, -0.2) is 0 Å². The molecule has 3 N–H and O–H groups in total. The van der Waals surface area contributed by atoms with Gasteiger partial charge >= 0.3 is 0 Å². The Labute approximate surface area is 137 Å². The lowest BCUT2D eigenvalue weighted by Gasteiger charge is -2.29. The fourth-order valence-electron chi connectivity index (χ4n) is 2.23. The minimum Gasteiger partial charge on any atom is -0.368 e. The summed E-state index contributed by atoms with van der Waals surface area (Å²) in [6, 6.07) is 8.11. The molecule has 118 valence electrons. The summed E-state index contributed by atoms with van der Waals surface area (Å²) in [4.78, 5) is 12.8. The topological polar surface area (TPSA) is 55.1 Å². The van der Waals surface area contributed by atoms with E-state index in [0.717, 1.165) is 30.0 Å². The Kier molecular flexibility index (Phi) is 7.57. The summed E-state index contributed by atoms with van der Waals surface area (Å²) in [5, 5.41) is 4.04. The van der Waals surface area contributed by atoms with Crippen molar-refractivity contribution in [2.45, 2.75) is 56.5 Å². The molecule has 0 aliphatic carbocycles. The van der Waals surface area contributed by atoms with Gasteiger partial charge in [0.25, 0.3) is 0 Å². The number of nitrogens with two attached hydrogens (primary N) is 1. The molecule has 0 saturated carbocycles. The van der Waals surface area contributed by atoms with E-state index >= 15 is 0 Å². The monoisotopic (exact) mass is 328 g/mol. The maximum atomic E-state index is 11.6. The molecule has 0 radical (unpaired) electrons. The highest BCUT2D eigenvalue weighted by atomic mass is 35.5. The summed E-state index contributed by atoms with van der Waals surface area (Å²) in [5.74, 6) is 0.732. The number of thioether (sulfide) groups is 1. The van der Waals surface area contributed by atoms with E-state index in [1.54, 1.807) is 11.8 Å². The van der Waals surface area contributed by atoms with Gasteiger partial charge in [-0.1, -0.05) is 24.1 Å². The number of carbonyl (C=O) groups excluding carboxylic acids is 1. The molecule has 0 aliphatic rings. The van der Waals surface area contributed by atoms with Crippen molar-refractivity contribution in [2.75, 3.05) is 5.75 Å². The van der Waals surface area contributed by atoms with Crippen LogP contribution in [0.2, 0.25) is 5.02 Å². The Bertz CT molecular complexity index is 467. The zero-order valence-corrected chi connectivity index (χ0v) is 14.6. The summed E-state index contributed by atoms with van der Waals surface area (Å²) in [7, 11) is 0. The fraction of sp³-hybridized carbons (Fsp3) is 0.562. The third-order valence-corrected chi connectivity index (χ3v) is 4.60. The van der Waals surface area contributed by atoms with E-state index in [2.05, 4.69) is 11.4 Å². The number of benzene rings is 1. The van der Waals surface area contributed by atoms with Crippen LogP contribution in [-0.4, -0.2) is 23.2 Å². The van der Waals surface area contributed by atoms with Crippen LogP contribution in [0, 0.1) is 0 Å². The standard InChI is InChI=1S/C16H25ClN2OS/c1-12(2)19-16(3,15(18)20)9-4-5-10-21-14-8-6-7-13(17)11-14/h6-8,11-12,19H,4-5,9-10H2,1-3H3,(H2,18,20). The summed E-state index contributed by atoms with van der Waals surface area (Å²) >= 11 is 7.74. The molecule has 0 aromatic heterocycles. The molecule has 1 amide bonds. The second kappa shape index (κ2) is 8.66. The molecule has 0 aliphatic heterocycles. The van der Waals surface area contributed by atoms with E-state index in [1.165, 1.54) is 4.90 Å². The lowest BCUT2D eigenvalue weighted by Crippen LogP contribution is -2.55. The molecule has 0 saturated heterocycles. The van der Waals surface area contributed by atoms with E-state index in [0.29, 0.717) is 0 Å². The zero-order chi connectivity index (χ0) is 15.9. The van der Waals surface area contributed by atoms with Crippen LogP contribution in [0.15, 0.2) is 29.2 Å². The quantitative estimate of drug-likeness (QED) is 0.535. The molecule has 0 bridgehead atoms. The van der Waals surface area contributed by atoms with Crippen molar-refractivity contribution in [3.8, 4) is 0 Å². The molecule has 1 rings (SSSR count). The van der Waals surface area contributed by atoms with E-state index < -0.39 is 5.54 Å². The highest BCUT2D eigenvalue weighted by Gasteiger charge is 2.30. The number of halogens is 1. The Hall–Kier alpha value is -0.710. The Balaban J connectivity index is 2.33. The first-order chi connectivity index (χ1) is 9.83. The number of primary amides is 1. The van der Waals surface area contributed by atoms with Gasteiger partial charge in [-0.15, -0.1) is 11.8 Å². The molecular weight excluding hydrogens is 304 g/mol. The third kappa shape index (κ3) is 6.72. The van der Waals surface area contributed by atoms with Gasteiger partial charge in [-0.2, -0.15) is 0 Å². The minimum absolute atomic E-state index is 0.239. The maximum absolute atomic E-state index is 11.6. The van der Waals surface area contributed by atoms with Crippen molar-refractivity contribution < 1.29 is 4.79 Å². The van der Waals surface area contributed by atoms with Gasteiger partial charge in [-0.05, 0) is 57.6 Å². The summed E-state index contributed by atoms with van der Waals surface area (Å²) in [6.07, 6.45) is 2.77. The van der Waals surface area contributed by atoms with Gasteiger partial charge in [0.15, 0.2) is 0 Å². The summed E-state index contributed by atoms with van der Waals surface area (Å²) < 4.78 is 0. The van der Waals surface area contributed by atoms with Gasteiger partial charge in [0, 0.05) is 16.0 Å². The molecule has 1 unspecified atom stereocenters. The van der Waals surface area contributed by atoms with Crippen LogP contribution < -0.4 is 11.1 Å². The zero-order valence-electron chi connectivity index (χ0n) is 13.0. The van der Waals surface area contributed by atoms with Crippen LogP contribution >= 0.6 is 23.4 Å². The van der Waals surface area contributed by atoms with Crippen molar-refractivity contribution in [3.05, 3.63) is 29.3 Å². The predicted molar refractivity (Wildman–Crippen MR) is 91.9 cm³/mol. The second-order valence-electron chi connectivity index (χ2n) is 5.76. The van der Waals surface area contributed by atoms with Crippen molar-refractivity contribution >= 4 is 29.3 Å². The number of rotatable bonds is 9. The molecule has 0 spiro atoms. The summed E-state index contributed by atoms with van der Waals surface area (Å²) in [6.45, 7) is 5.94. The number of carbonyl (C=O) groups is 1. The van der Waals surface area contributed by atoms with Gasteiger partial charge in [0.1, 0.15) is 0 Å². The van der Waals surface area contributed by atoms with E-state index in [1.807, 2.05) is 39.0 Å².